The maximum absolute atomic E-state index is 13.2. The molecule has 0 saturated carbocycles. The van der Waals surface area contributed by atoms with Crippen molar-refractivity contribution in [3.8, 4) is 0 Å². The van der Waals surface area contributed by atoms with Gasteiger partial charge in [0.1, 0.15) is 17.8 Å². The van der Waals surface area contributed by atoms with Crippen LogP contribution in [-0.2, 0) is 12.6 Å². The second kappa shape index (κ2) is 7.20. The number of rotatable bonds is 3. The van der Waals surface area contributed by atoms with Crippen molar-refractivity contribution in [2.45, 2.75) is 25.6 Å². The second-order valence-corrected chi connectivity index (χ2v) is 6.81. The summed E-state index contributed by atoms with van der Waals surface area (Å²) in [4.78, 5) is 22.7. The fourth-order valence-electron chi connectivity index (χ4n) is 3.52. The first kappa shape index (κ1) is 18.9. The van der Waals surface area contributed by atoms with Crippen LogP contribution in [0.1, 0.15) is 28.5 Å². The number of anilines is 3. The number of fused-ring (bicyclic) bond motifs is 1. The molecule has 0 fully saturated rings. The van der Waals surface area contributed by atoms with E-state index in [0.29, 0.717) is 0 Å². The molecule has 2 heterocycles. The van der Waals surface area contributed by atoms with Crippen molar-refractivity contribution in [2.24, 2.45) is 0 Å². The number of hydrogen-bond donors (Lipinski definition) is 1. The van der Waals surface area contributed by atoms with Gasteiger partial charge in [0.15, 0.2) is 0 Å². The Kier molecular flexibility index (Phi) is 4.70. The average Bonchev–Trinajstić information content (AvgIpc) is 3.03. The van der Waals surface area contributed by atoms with Crippen molar-refractivity contribution in [1.82, 2.24) is 9.97 Å². The number of halogens is 3. The highest BCUT2D eigenvalue weighted by Crippen LogP contribution is 2.36. The first-order valence-corrected chi connectivity index (χ1v) is 9.01. The molecule has 0 aliphatic carbocycles. The molecule has 0 radical (unpaired) electrons. The van der Waals surface area contributed by atoms with Crippen molar-refractivity contribution in [3.05, 3.63) is 77.7 Å². The monoisotopic (exact) mass is 398 g/mol. The molecule has 0 bridgehead atoms. The number of carbonyl (C=O) groups is 1. The van der Waals surface area contributed by atoms with E-state index >= 15 is 0 Å². The molecule has 1 aromatic heterocycles. The highest BCUT2D eigenvalue weighted by molar-refractivity contribution is 6.06. The Bertz CT molecular complexity index is 1070. The Labute approximate surface area is 165 Å². The average molecular weight is 398 g/mol. The lowest BCUT2D eigenvalue weighted by molar-refractivity contribution is -0.136. The summed E-state index contributed by atoms with van der Waals surface area (Å²) in [6.45, 7) is 1.94. The van der Waals surface area contributed by atoms with Gasteiger partial charge in [-0.1, -0.05) is 30.3 Å². The van der Waals surface area contributed by atoms with E-state index in [-0.39, 0.29) is 29.1 Å². The molecule has 1 aliphatic rings. The number of nitrogens with one attached hydrogen (secondary N) is 1. The minimum atomic E-state index is -4.51. The first-order valence-electron chi connectivity index (χ1n) is 9.01. The van der Waals surface area contributed by atoms with Gasteiger partial charge in [0.25, 0.3) is 5.91 Å². The summed E-state index contributed by atoms with van der Waals surface area (Å²) in [6, 6.07) is 14.0. The summed E-state index contributed by atoms with van der Waals surface area (Å²) in [5.41, 5.74) is 1.04. The van der Waals surface area contributed by atoms with Crippen LogP contribution in [0.3, 0.4) is 0 Å². The zero-order valence-corrected chi connectivity index (χ0v) is 15.4. The Morgan fingerprint density at radius 2 is 1.83 bits per heavy atom. The normalized spacial score (nSPS) is 15.9. The zero-order chi connectivity index (χ0) is 20.6. The molecule has 8 heteroatoms. The molecule has 1 unspecified atom stereocenters. The number of amides is 1. The third-order valence-electron chi connectivity index (χ3n) is 4.81. The molecular weight excluding hydrogens is 381 g/mol. The summed E-state index contributed by atoms with van der Waals surface area (Å²) in [7, 11) is 0. The molecule has 1 atom stereocenters. The number of hydrogen-bond acceptors (Lipinski definition) is 4. The molecule has 148 valence electrons. The minimum Gasteiger partial charge on any atom is -0.340 e. The Hall–Kier alpha value is -3.42. The van der Waals surface area contributed by atoms with Gasteiger partial charge >= 0.3 is 6.18 Å². The van der Waals surface area contributed by atoms with E-state index in [4.69, 9.17) is 0 Å². The van der Waals surface area contributed by atoms with Crippen LogP contribution in [0.5, 0.6) is 0 Å². The van der Waals surface area contributed by atoms with Gasteiger partial charge in [0, 0.05) is 17.8 Å². The van der Waals surface area contributed by atoms with Crippen LogP contribution in [0, 0.1) is 0 Å². The maximum Gasteiger partial charge on any atom is 0.418 e. The lowest BCUT2D eigenvalue weighted by Crippen LogP contribution is -2.36. The standard InChI is InChI=1S/C21H17F3N4O/c1-13-10-14-6-2-5-9-18(14)28(13)20(29)17-11-19(26-12-25-17)27-16-8-4-3-7-15(16)21(22,23)24/h2-9,11-13H,10H2,1H3,(H,25,26,27). The van der Waals surface area contributed by atoms with Crippen molar-refractivity contribution >= 4 is 23.1 Å². The van der Waals surface area contributed by atoms with Crippen LogP contribution in [0.4, 0.5) is 30.4 Å². The number of benzene rings is 2. The molecule has 1 aliphatic heterocycles. The first-order chi connectivity index (χ1) is 13.8. The SMILES string of the molecule is CC1Cc2ccccc2N1C(=O)c1cc(Nc2ccccc2C(F)(F)F)ncn1. The van der Waals surface area contributed by atoms with Crippen LogP contribution in [0.15, 0.2) is 60.9 Å². The van der Waals surface area contributed by atoms with Gasteiger partial charge in [0.05, 0.1) is 11.3 Å². The van der Waals surface area contributed by atoms with Crippen LogP contribution >= 0.6 is 0 Å². The van der Waals surface area contributed by atoms with E-state index in [1.54, 1.807) is 4.90 Å². The van der Waals surface area contributed by atoms with E-state index in [1.165, 1.54) is 30.6 Å². The summed E-state index contributed by atoms with van der Waals surface area (Å²) in [5, 5.41) is 2.65. The fraction of sp³-hybridized carbons (Fsp3) is 0.190. The van der Waals surface area contributed by atoms with Crippen molar-refractivity contribution < 1.29 is 18.0 Å². The fourth-order valence-corrected chi connectivity index (χ4v) is 3.52. The van der Waals surface area contributed by atoms with Crippen LogP contribution in [0.2, 0.25) is 0 Å². The van der Waals surface area contributed by atoms with E-state index in [1.807, 2.05) is 31.2 Å². The van der Waals surface area contributed by atoms with Crippen LogP contribution < -0.4 is 10.2 Å². The third-order valence-corrected chi connectivity index (χ3v) is 4.81. The van der Waals surface area contributed by atoms with Gasteiger partial charge in [0.2, 0.25) is 0 Å². The van der Waals surface area contributed by atoms with Crippen molar-refractivity contribution in [1.29, 1.82) is 0 Å². The molecule has 5 nitrogen and oxygen atoms in total. The Balaban J connectivity index is 1.63. The molecular formula is C21H17F3N4O. The summed E-state index contributed by atoms with van der Waals surface area (Å²) < 4.78 is 39.6. The van der Waals surface area contributed by atoms with Crippen LogP contribution in [-0.4, -0.2) is 21.9 Å². The molecule has 0 spiro atoms. The van der Waals surface area contributed by atoms with E-state index in [9.17, 15) is 18.0 Å². The van der Waals surface area contributed by atoms with Gasteiger partial charge in [-0.15, -0.1) is 0 Å². The predicted octanol–water partition coefficient (Wildman–Crippen LogP) is 4.83. The van der Waals surface area contributed by atoms with Gasteiger partial charge in [-0.25, -0.2) is 9.97 Å². The third kappa shape index (κ3) is 3.65. The number of alkyl halides is 3. The maximum atomic E-state index is 13.2. The quantitative estimate of drug-likeness (QED) is 0.687. The largest absolute Gasteiger partial charge is 0.418 e. The van der Waals surface area contributed by atoms with Crippen molar-refractivity contribution in [2.75, 3.05) is 10.2 Å². The molecule has 3 aromatic rings. The molecule has 29 heavy (non-hydrogen) atoms. The Morgan fingerprint density at radius 3 is 2.62 bits per heavy atom. The topological polar surface area (TPSA) is 58.1 Å². The van der Waals surface area contributed by atoms with Gasteiger partial charge in [-0.05, 0) is 37.1 Å². The highest BCUT2D eigenvalue weighted by Gasteiger charge is 2.34. The van der Waals surface area contributed by atoms with E-state index in [0.717, 1.165) is 23.7 Å². The summed E-state index contributed by atoms with van der Waals surface area (Å²) >= 11 is 0. The van der Waals surface area contributed by atoms with Crippen LogP contribution in [0.25, 0.3) is 0 Å². The lowest BCUT2D eigenvalue weighted by atomic mass is 10.1. The minimum absolute atomic E-state index is 0.0442. The highest BCUT2D eigenvalue weighted by atomic mass is 19.4. The lowest BCUT2D eigenvalue weighted by Gasteiger charge is -2.22. The number of para-hydroxylation sites is 2. The van der Waals surface area contributed by atoms with Crippen molar-refractivity contribution in [3.63, 3.8) is 0 Å². The smallest absolute Gasteiger partial charge is 0.340 e. The predicted molar refractivity (Wildman–Crippen MR) is 103 cm³/mol. The molecule has 4 rings (SSSR count). The Morgan fingerprint density at radius 1 is 1.10 bits per heavy atom. The summed E-state index contributed by atoms with van der Waals surface area (Å²) in [6.07, 6.45) is -2.61. The van der Waals surface area contributed by atoms with Gasteiger partial charge in [-0.3, -0.25) is 4.79 Å². The second-order valence-electron chi connectivity index (χ2n) is 6.81. The number of carbonyl (C=O) groups excluding carboxylic acids is 1. The number of aromatic nitrogens is 2. The molecule has 1 N–H and O–H groups in total. The number of nitrogens with zero attached hydrogens (tertiary/aromatic N) is 3. The molecule has 1 amide bonds. The molecule has 2 aromatic carbocycles. The van der Waals surface area contributed by atoms with Gasteiger partial charge < -0.3 is 10.2 Å². The van der Waals surface area contributed by atoms with E-state index in [2.05, 4.69) is 15.3 Å². The van der Waals surface area contributed by atoms with Gasteiger partial charge in [-0.2, -0.15) is 13.2 Å². The summed E-state index contributed by atoms with van der Waals surface area (Å²) in [5.74, 6) is -0.211. The van der Waals surface area contributed by atoms with E-state index < -0.39 is 11.7 Å². The zero-order valence-electron chi connectivity index (χ0n) is 15.4. The molecule has 0 saturated heterocycles.